The van der Waals surface area contributed by atoms with Gasteiger partial charge in [-0.2, -0.15) is 0 Å². The lowest BCUT2D eigenvalue weighted by molar-refractivity contribution is 0.192. The minimum absolute atomic E-state index is 0.0424. The molecule has 1 fully saturated rings. The normalized spacial score (nSPS) is 18.5. The Bertz CT molecular complexity index is 482. The van der Waals surface area contributed by atoms with Gasteiger partial charge in [0.15, 0.2) is 0 Å². The van der Waals surface area contributed by atoms with E-state index >= 15 is 0 Å². The SMILES string of the molecule is CCc1onc(C)c1[C@H]1CCCN1C(=O)NCCC(C)C. The van der Waals surface area contributed by atoms with Crippen LogP contribution in [-0.4, -0.2) is 29.2 Å². The first-order chi connectivity index (χ1) is 10.0. The molecule has 1 N–H and O–H groups in total. The van der Waals surface area contributed by atoms with Crippen LogP contribution in [0.25, 0.3) is 0 Å². The number of aryl methyl sites for hydroxylation is 2. The van der Waals surface area contributed by atoms with Gasteiger partial charge in [-0.3, -0.25) is 0 Å². The van der Waals surface area contributed by atoms with E-state index in [1.54, 1.807) is 0 Å². The first-order valence-electron chi connectivity index (χ1n) is 8.04. The van der Waals surface area contributed by atoms with Crippen molar-refractivity contribution in [3.63, 3.8) is 0 Å². The molecule has 0 unspecified atom stereocenters. The van der Waals surface area contributed by atoms with E-state index in [0.29, 0.717) is 5.92 Å². The number of rotatable bonds is 5. The highest BCUT2D eigenvalue weighted by atomic mass is 16.5. The average Bonchev–Trinajstić information content (AvgIpc) is 3.03. The van der Waals surface area contributed by atoms with Crippen LogP contribution in [0.5, 0.6) is 0 Å². The number of carbonyl (C=O) groups excluding carboxylic acids is 1. The third-order valence-electron chi connectivity index (χ3n) is 4.15. The summed E-state index contributed by atoms with van der Waals surface area (Å²) in [5, 5.41) is 7.12. The van der Waals surface area contributed by atoms with Crippen LogP contribution in [0.1, 0.15) is 63.1 Å². The summed E-state index contributed by atoms with van der Waals surface area (Å²) in [4.78, 5) is 14.4. The van der Waals surface area contributed by atoms with Crippen molar-refractivity contribution < 1.29 is 9.32 Å². The Balaban J connectivity index is 2.06. The lowest BCUT2D eigenvalue weighted by atomic mass is 10.0. The molecule has 1 aliphatic rings. The molecule has 2 amide bonds. The van der Waals surface area contributed by atoms with E-state index in [0.717, 1.165) is 55.8 Å². The third-order valence-corrected chi connectivity index (χ3v) is 4.15. The lowest BCUT2D eigenvalue weighted by Crippen LogP contribution is -2.40. The van der Waals surface area contributed by atoms with Gasteiger partial charge in [0.2, 0.25) is 0 Å². The highest BCUT2D eigenvalue weighted by Gasteiger charge is 2.34. The molecule has 2 rings (SSSR count). The Morgan fingerprint density at radius 1 is 1.52 bits per heavy atom. The Hall–Kier alpha value is -1.52. The van der Waals surface area contributed by atoms with Gasteiger partial charge in [0.25, 0.3) is 0 Å². The Morgan fingerprint density at radius 2 is 2.29 bits per heavy atom. The number of nitrogens with one attached hydrogen (secondary N) is 1. The second-order valence-corrected chi connectivity index (χ2v) is 6.22. The zero-order chi connectivity index (χ0) is 15.4. The Labute approximate surface area is 127 Å². The van der Waals surface area contributed by atoms with E-state index in [-0.39, 0.29) is 12.1 Å². The van der Waals surface area contributed by atoms with Crippen LogP contribution in [-0.2, 0) is 6.42 Å². The molecule has 0 spiro atoms. The maximum absolute atomic E-state index is 12.4. The second-order valence-electron chi connectivity index (χ2n) is 6.22. The van der Waals surface area contributed by atoms with Crippen molar-refractivity contribution in [2.24, 2.45) is 5.92 Å². The molecule has 1 saturated heterocycles. The first kappa shape index (κ1) is 15.9. The monoisotopic (exact) mass is 293 g/mol. The highest BCUT2D eigenvalue weighted by molar-refractivity contribution is 5.75. The maximum atomic E-state index is 12.4. The number of aromatic nitrogens is 1. The van der Waals surface area contributed by atoms with Crippen molar-refractivity contribution in [1.29, 1.82) is 0 Å². The Kier molecular flexibility index (Phi) is 5.26. The van der Waals surface area contributed by atoms with Crippen LogP contribution in [0, 0.1) is 12.8 Å². The fourth-order valence-corrected chi connectivity index (χ4v) is 2.98. The lowest BCUT2D eigenvalue weighted by Gasteiger charge is -2.25. The molecule has 1 aliphatic heterocycles. The van der Waals surface area contributed by atoms with Crippen LogP contribution in [0.4, 0.5) is 4.79 Å². The smallest absolute Gasteiger partial charge is 0.317 e. The fraction of sp³-hybridized carbons (Fsp3) is 0.750. The van der Waals surface area contributed by atoms with E-state index in [9.17, 15) is 4.79 Å². The van der Waals surface area contributed by atoms with Gasteiger partial charge >= 0.3 is 6.03 Å². The van der Waals surface area contributed by atoms with Crippen LogP contribution >= 0.6 is 0 Å². The molecule has 0 aliphatic carbocycles. The van der Waals surface area contributed by atoms with Gasteiger partial charge in [0.05, 0.1) is 11.7 Å². The largest absolute Gasteiger partial charge is 0.361 e. The van der Waals surface area contributed by atoms with Crippen LogP contribution in [0.15, 0.2) is 4.52 Å². The van der Waals surface area contributed by atoms with E-state index < -0.39 is 0 Å². The highest BCUT2D eigenvalue weighted by Crippen LogP contribution is 2.35. The van der Waals surface area contributed by atoms with E-state index in [2.05, 4.69) is 31.2 Å². The predicted molar refractivity (Wildman–Crippen MR) is 82.2 cm³/mol. The molecule has 2 heterocycles. The van der Waals surface area contributed by atoms with Crippen LogP contribution in [0.2, 0.25) is 0 Å². The van der Waals surface area contributed by atoms with Gasteiger partial charge in [0, 0.05) is 25.1 Å². The van der Waals surface area contributed by atoms with Gasteiger partial charge in [0.1, 0.15) is 5.76 Å². The number of amides is 2. The summed E-state index contributed by atoms with van der Waals surface area (Å²) in [5.41, 5.74) is 2.03. The van der Waals surface area contributed by atoms with Gasteiger partial charge in [-0.25, -0.2) is 4.79 Å². The first-order valence-corrected chi connectivity index (χ1v) is 8.04. The molecule has 0 radical (unpaired) electrons. The van der Waals surface area contributed by atoms with E-state index in [1.807, 2.05) is 11.8 Å². The molecule has 0 bridgehead atoms. The van der Waals surface area contributed by atoms with Gasteiger partial charge < -0.3 is 14.7 Å². The van der Waals surface area contributed by atoms with Gasteiger partial charge in [-0.15, -0.1) is 0 Å². The molecule has 5 nitrogen and oxygen atoms in total. The van der Waals surface area contributed by atoms with Crippen LogP contribution < -0.4 is 5.32 Å². The van der Waals surface area contributed by atoms with Crippen molar-refractivity contribution in [3.05, 3.63) is 17.0 Å². The minimum atomic E-state index is 0.0424. The summed E-state index contributed by atoms with van der Waals surface area (Å²) in [6.45, 7) is 9.91. The molecule has 5 heteroatoms. The fourth-order valence-electron chi connectivity index (χ4n) is 2.98. The molecule has 1 aromatic rings. The van der Waals surface area contributed by atoms with E-state index in [1.165, 1.54) is 0 Å². The number of hydrogen-bond acceptors (Lipinski definition) is 3. The number of hydrogen-bond donors (Lipinski definition) is 1. The van der Waals surface area contributed by atoms with Crippen molar-refractivity contribution in [3.8, 4) is 0 Å². The van der Waals surface area contributed by atoms with Crippen molar-refractivity contribution in [1.82, 2.24) is 15.4 Å². The van der Waals surface area contributed by atoms with Gasteiger partial charge in [-0.05, 0) is 32.1 Å². The topological polar surface area (TPSA) is 58.4 Å². The molecule has 118 valence electrons. The molecule has 1 atom stereocenters. The average molecular weight is 293 g/mol. The molecular weight excluding hydrogens is 266 g/mol. The summed E-state index contributed by atoms with van der Waals surface area (Å²) in [6, 6.07) is 0.158. The quantitative estimate of drug-likeness (QED) is 0.904. The van der Waals surface area contributed by atoms with Crippen LogP contribution in [0.3, 0.4) is 0 Å². The zero-order valence-electron chi connectivity index (χ0n) is 13.6. The number of nitrogens with zero attached hydrogens (tertiary/aromatic N) is 2. The van der Waals surface area contributed by atoms with Crippen molar-refractivity contribution in [2.45, 2.75) is 59.4 Å². The third kappa shape index (κ3) is 3.57. The molecular formula is C16H27N3O2. The summed E-state index contributed by atoms with van der Waals surface area (Å²) < 4.78 is 5.39. The summed E-state index contributed by atoms with van der Waals surface area (Å²) in [5.74, 6) is 1.52. The minimum Gasteiger partial charge on any atom is -0.361 e. The second kappa shape index (κ2) is 6.96. The zero-order valence-corrected chi connectivity index (χ0v) is 13.6. The molecule has 21 heavy (non-hydrogen) atoms. The van der Waals surface area contributed by atoms with E-state index in [4.69, 9.17) is 4.52 Å². The molecule has 0 saturated carbocycles. The van der Waals surface area contributed by atoms with Crippen molar-refractivity contribution in [2.75, 3.05) is 13.1 Å². The summed E-state index contributed by atoms with van der Waals surface area (Å²) >= 11 is 0. The summed E-state index contributed by atoms with van der Waals surface area (Å²) in [6.07, 6.45) is 3.86. The number of urea groups is 1. The van der Waals surface area contributed by atoms with Crippen molar-refractivity contribution >= 4 is 6.03 Å². The molecule has 1 aromatic heterocycles. The predicted octanol–water partition coefficient (Wildman–Crippen LogP) is 3.44. The standard InChI is InChI=1S/C16H27N3O2/c1-5-14-15(12(4)18-21-14)13-7-6-10-19(13)16(20)17-9-8-11(2)3/h11,13H,5-10H2,1-4H3,(H,17,20)/t13-/m1/s1. The molecule has 0 aromatic carbocycles. The summed E-state index contributed by atoms with van der Waals surface area (Å²) in [7, 11) is 0. The number of likely N-dealkylation sites (tertiary alicyclic amines) is 1. The maximum Gasteiger partial charge on any atom is 0.317 e. The number of carbonyl (C=O) groups is 1. The van der Waals surface area contributed by atoms with Gasteiger partial charge in [-0.1, -0.05) is 25.9 Å². The Morgan fingerprint density at radius 3 is 2.95 bits per heavy atom.